The minimum atomic E-state index is -1.73. The van der Waals surface area contributed by atoms with E-state index >= 15 is 0 Å². The van der Waals surface area contributed by atoms with E-state index in [1.165, 1.54) is 0 Å². The van der Waals surface area contributed by atoms with Gasteiger partial charge in [-0.2, -0.15) is 0 Å². The molecule has 1 fully saturated rings. The minimum Gasteiger partial charge on any atom is -0.459 e. The number of rotatable bonds is 5. The molecule has 0 saturated carbocycles. The molecule has 0 aromatic rings. The van der Waals surface area contributed by atoms with Gasteiger partial charge in [-0.15, -0.1) is 0 Å². The Morgan fingerprint density at radius 1 is 1.20 bits per heavy atom. The lowest BCUT2D eigenvalue weighted by Crippen LogP contribution is -2.58. The molecule has 1 heterocycles. The minimum absolute atomic E-state index is 0.390. The van der Waals surface area contributed by atoms with E-state index in [9.17, 15) is 25.2 Å². The van der Waals surface area contributed by atoms with E-state index in [0.717, 1.165) is 0 Å². The molecule has 0 spiro atoms. The van der Waals surface area contributed by atoms with Gasteiger partial charge in [-0.1, -0.05) is 6.58 Å². The van der Waals surface area contributed by atoms with Crippen molar-refractivity contribution in [1.82, 2.24) is 0 Å². The molecule has 0 bridgehead atoms. The van der Waals surface area contributed by atoms with Gasteiger partial charge in [0.2, 0.25) is 0 Å². The number of carbonyl (C=O) groups excluding carboxylic acids is 1. The van der Waals surface area contributed by atoms with Crippen LogP contribution in [0.2, 0.25) is 0 Å². The second-order valence-corrected chi connectivity index (χ2v) is 4.36. The van der Waals surface area contributed by atoms with Gasteiger partial charge in [0.25, 0.3) is 0 Å². The van der Waals surface area contributed by atoms with Gasteiger partial charge < -0.3 is 40.1 Å². The molecule has 0 radical (unpaired) electrons. The maximum absolute atomic E-state index is 11.4. The van der Waals surface area contributed by atoms with Crippen LogP contribution in [0.25, 0.3) is 0 Å². The summed E-state index contributed by atoms with van der Waals surface area (Å²) in [6, 6.07) is 0. The molecular weight excluding hydrogens is 276 g/mol. The highest BCUT2D eigenvalue weighted by Crippen LogP contribution is 2.20. The first-order chi connectivity index (χ1) is 9.29. The van der Waals surface area contributed by atoms with Crippen LogP contribution in [0.15, 0.2) is 12.2 Å². The lowest BCUT2D eigenvalue weighted by Gasteiger charge is -2.37. The largest absolute Gasteiger partial charge is 0.459 e. The zero-order valence-corrected chi connectivity index (χ0v) is 10.5. The summed E-state index contributed by atoms with van der Waals surface area (Å²) in [4.78, 5) is 11.4. The summed E-state index contributed by atoms with van der Waals surface area (Å²) in [7, 11) is 0. The Labute approximate surface area is 114 Å². The lowest BCUT2D eigenvalue weighted by atomic mass is 9.99. The number of hydrogen-bond acceptors (Lipinski definition) is 9. The molecule has 9 nitrogen and oxygen atoms in total. The van der Waals surface area contributed by atoms with Gasteiger partial charge in [0.15, 0.2) is 6.29 Å². The maximum Gasteiger partial charge on any atom is 0.336 e. The van der Waals surface area contributed by atoms with Crippen LogP contribution < -0.4 is 0 Å². The van der Waals surface area contributed by atoms with Crippen LogP contribution in [-0.4, -0.2) is 86.6 Å². The monoisotopic (exact) mass is 294 g/mol. The highest BCUT2D eigenvalue weighted by Gasteiger charge is 2.43. The van der Waals surface area contributed by atoms with Crippen molar-refractivity contribution in [2.45, 2.75) is 36.8 Å². The summed E-state index contributed by atoms with van der Waals surface area (Å²) in [5.74, 6) is -1.03. The van der Waals surface area contributed by atoms with Crippen LogP contribution in [-0.2, 0) is 14.3 Å². The third-order valence-corrected chi connectivity index (χ3v) is 2.90. The van der Waals surface area contributed by atoms with Crippen molar-refractivity contribution in [2.75, 3.05) is 13.2 Å². The fraction of sp³-hybridized carbons (Fsp3) is 0.727. The summed E-state index contributed by atoms with van der Waals surface area (Å²) >= 11 is 0. The molecule has 1 saturated heterocycles. The van der Waals surface area contributed by atoms with Gasteiger partial charge in [-0.3, -0.25) is 0 Å². The Kier molecular flexibility index (Phi) is 6.02. The van der Waals surface area contributed by atoms with Crippen molar-refractivity contribution in [2.24, 2.45) is 0 Å². The highest BCUT2D eigenvalue weighted by atomic mass is 16.6. The van der Waals surface area contributed by atoms with Crippen molar-refractivity contribution in [1.29, 1.82) is 0 Å². The van der Waals surface area contributed by atoms with E-state index in [4.69, 9.17) is 14.9 Å². The van der Waals surface area contributed by atoms with Crippen molar-refractivity contribution in [3.05, 3.63) is 12.2 Å². The second kappa shape index (κ2) is 7.09. The average molecular weight is 294 g/mol. The number of aliphatic hydroxyl groups is 6. The molecular formula is C11H18O9. The first-order valence-electron chi connectivity index (χ1n) is 5.82. The van der Waals surface area contributed by atoms with E-state index < -0.39 is 56.0 Å². The quantitative estimate of drug-likeness (QED) is 0.221. The standard InChI is InChI=1S/C11H18O9/c1-4(5(13)2-12)10(17)19-3-6-7(14)8(15)9(16)11(18)20-6/h5-9,11-16,18H,1-3H2. The smallest absolute Gasteiger partial charge is 0.336 e. The molecule has 9 heteroatoms. The van der Waals surface area contributed by atoms with Crippen molar-refractivity contribution < 1.29 is 44.9 Å². The van der Waals surface area contributed by atoms with E-state index in [1.54, 1.807) is 0 Å². The Hall–Kier alpha value is -1.07. The molecule has 116 valence electrons. The van der Waals surface area contributed by atoms with E-state index in [0.29, 0.717) is 0 Å². The van der Waals surface area contributed by atoms with Crippen molar-refractivity contribution in [3.63, 3.8) is 0 Å². The zero-order chi connectivity index (χ0) is 15.4. The van der Waals surface area contributed by atoms with Crippen LogP contribution in [0.5, 0.6) is 0 Å². The van der Waals surface area contributed by atoms with Crippen LogP contribution in [0.3, 0.4) is 0 Å². The number of esters is 1. The normalized spacial score (nSPS) is 35.4. The van der Waals surface area contributed by atoms with E-state index in [2.05, 4.69) is 11.3 Å². The molecule has 1 rings (SSSR count). The van der Waals surface area contributed by atoms with Gasteiger partial charge >= 0.3 is 5.97 Å². The first-order valence-corrected chi connectivity index (χ1v) is 5.82. The van der Waals surface area contributed by atoms with Crippen LogP contribution in [0.1, 0.15) is 0 Å². The topological polar surface area (TPSA) is 157 Å². The van der Waals surface area contributed by atoms with Gasteiger partial charge in [-0.05, 0) is 0 Å². The zero-order valence-electron chi connectivity index (χ0n) is 10.5. The molecule has 6 atom stereocenters. The fourth-order valence-corrected chi connectivity index (χ4v) is 1.57. The number of aliphatic hydroxyl groups excluding tert-OH is 6. The number of hydrogen-bond donors (Lipinski definition) is 6. The molecule has 6 unspecified atom stereocenters. The highest BCUT2D eigenvalue weighted by molar-refractivity contribution is 5.88. The lowest BCUT2D eigenvalue weighted by molar-refractivity contribution is -0.287. The van der Waals surface area contributed by atoms with Gasteiger partial charge in [-0.25, -0.2) is 4.79 Å². The molecule has 0 amide bonds. The third kappa shape index (κ3) is 3.73. The Bertz CT molecular complexity index is 358. The predicted octanol–water partition coefficient (Wildman–Crippen LogP) is -3.76. The molecule has 0 aliphatic carbocycles. The maximum atomic E-state index is 11.4. The predicted molar refractivity (Wildman–Crippen MR) is 62.1 cm³/mol. The van der Waals surface area contributed by atoms with E-state index in [-0.39, 0.29) is 5.57 Å². The van der Waals surface area contributed by atoms with Crippen LogP contribution in [0, 0.1) is 0 Å². The summed E-state index contributed by atoms with van der Waals surface area (Å²) < 4.78 is 9.45. The molecule has 1 aliphatic heterocycles. The Morgan fingerprint density at radius 3 is 2.35 bits per heavy atom. The van der Waals surface area contributed by atoms with Crippen LogP contribution in [0.4, 0.5) is 0 Å². The summed E-state index contributed by atoms with van der Waals surface area (Å²) in [6.45, 7) is 1.97. The van der Waals surface area contributed by atoms with E-state index in [1.807, 2.05) is 0 Å². The fourth-order valence-electron chi connectivity index (χ4n) is 1.57. The first kappa shape index (κ1) is 17.0. The van der Waals surface area contributed by atoms with Gasteiger partial charge in [0, 0.05) is 0 Å². The van der Waals surface area contributed by atoms with Crippen LogP contribution >= 0.6 is 0 Å². The SMILES string of the molecule is C=C(C(=O)OCC1OC(O)C(O)C(O)C1O)C(O)CO. The molecule has 6 N–H and O–H groups in total. The Balaban J connectivity index is 2.53. The third-order valence-electron chi connectivity index (χ3n) is 2.90. The summed E-state index contributed by atoms with van der Waals surface area (Å²) in [5.41, 5.74) is -0.390. The molecule has 20 heavy (non-hydrogen) atoms. The molecule has 0 aromatic heterocycles. The van der Waals surface area contributed by atoms with Gasteiger partial charge in [0.1, 0.15) is 37.1 Å². The summed E-state index contributed by atoms with van der Waals surface area (Å²) in [5, 5.41) is 55.3. The van der Waals surface area contributed by atoms with Crippen molar-refractivity contribution >= 4 is 5.97 Å². The molecule has 0 aromatic carbocycles. The van der Waals surface area contributed by atoms with Gasteiger partial charge in [0.05, 0.1) is 12.2 Å². The number of carbonyl (C=O) groups is 1. The summed E-state index contributed by atoms with van der Waals surface area (Å²) in [6.07, 6.45) is -9.37. The Morgan fingerprint density at radius 2 is 1.80 bits per heavy atom. The van der Waals surface area contributed by atoms with Crippen molar-refractivity contribution in [3.8, 4) is 0 Å². The molecule has 1 aliphatic rings. The average Bonchev–Trinajstić information content (AvgIpc) is 2.45. The number of ether oxygens (including phenoxy) is 2. The second-order valence-electron chi connectivity index (χ2n) is 4.36.